The van der Waals surface area contributed by atoms with Gasteiger partial charge >= 0.3 is 7.12 Å². The van der Waals surface area contributed by atoms with E-state index in [0.29, 0.717) is 16.4 Å². The van der Waals surface area contributed by atoms with Crippen molar-refractivity contribution in [2.45, 2.75) is 25.7 Å². The molecule has 1 fully saturated rings. The highest BCUT2D eigenvalue weighted by molar-refractivity contribution is 6.62. The van der Waals surface area contributed by atoms with E-state index in [-0.39, 0.29) is 0 Å². The van der Waals surface area contributed by atoms with Crippen molar-refractivity contribution in [3.05, 3.63) is 28.3 Å². The molecule has 0 saturated heterocycles. The van der Waals surface area contributed by atoms with Gasteiger partial charge in [0.1, 0.15) is 0 Å². The highest BCUT2D eigenvalue weighted by atomic mass is 35.5. The summed E-state index contributed by atoms with van der Waals surface area (Å²) in [5.41, 5.74) is 2.74. The van der Waals surface area contributed by atoms with E-state index in [1.165, 1.54) is 18.4 Å². The van der Waals surface area contributed by atoms with Gasteiger partial charge in [-0.3, -0.25) is 0 Å². The number of rotatable bonds is 2. The first-order valence-electron chi connectivity index (χ1n) is 4.75. The first-order chi connectivity index (χ1) is 6.59. The second kappa shape index (κ2) is 3.57. The molecule has 0 amide bonds. The molecule has 2 nitrogen and oxygen atoms in total. The first kappa shape index (κ1) is 10.0. The molecule has 2 rings (SSSR count). The zero-order valence-corrected chi connectivity index (χ0v) is 8.75. The third kappa shape index (κ3) is 1.80. The molecule has 1 aromatic carbocycles. The zero-order chi connectivity index (χ0) is 10.3. The van der Waals surface area contributed by atoms with Crippen molar-refractivity contribution in [1.29, 1.82) is 0 Å². The van der Waals surface area contributed by atoms with E-state index in [9.17, 15) is 0 Å². The molecule has 0 spiro atoms. The van der Waals surface area contributed by atoms with Crippen molar-refractivity contribution < 1.29 is 10.0 Å². The summed E-state index contributed by atoms with van der Waals surface area (Å²) >= 11 is 5.95. The van der Waals surface area contributed by atoms with E-state index in [0.717, 1.165) is 5.56 Å². The molecule has 0 bridgehead atoms. The van der Waals surface area contributed by atoms with Gasteiger partial charge in [0.25, 0.3) is 0 Å². The minimum absolute atomic E-state index is 0.397. The summed E-state index contributed by atoms with van der Waals surface area (Å²) in [6.07, 6.45) is 2.44. The van der Waals surface area contributed by atoms with Crippen LogP contribution < -0.4 is 5.46 Å². The van der Waals surface area contributed by atoms with Crippen LogP contribution in [0, 0.1) is 6.92 Å². The third-order valence-corrected chi connectivity index (χ3v) is 3.01. The molecule has 74 valence electrons. The van der Waals surface area contributed by atoms with Crippen LogP contribution in [0.4, 0.5) is 0 Å². The van der Waals surface area contributed by atoms with Gasteiger partial charge < -0.3 is 10.0 Å². The Kier molecular flexibility index (Phi) is 2.56. The Morgan fingerprint density at radius 2 is 2.00 bits per heavy atom. The second-order valence-electron chi connectivity index (χ2n) is 3.88. The number of halogens is 1. The summed E-state index contributed by atoms with van der Waals surface area (Å²) < 4.78 is 0. The summed E-state index contributed by atoms with van der Waals surface area (Å²) in [6.45, 7) is 1.98. The second-order valence-corrected chi connectivity index (χ2v) is 4.29. The van der Waals surface area contributed by atoms with Gasteiger partial charge in [-0.1, -0.05) is 17.7 Å². The van der Waals surface area contributed by atoms with Crippen LogP contribution in [-0.4, -0.2) is 17.2 Å². The molecule has 2 N–H and O–H groups in total. The summed E-state index contributed by atoms with van der Waals surface area (Å²) in [6, 6.07) is 3.63. The maximum Gasteiger partial charge on any atom is 0.489 e. The van der Waals surface area contributed by atoms with Crippen LogP contribution in [0.15, 0.2) is 12.1 Å². The normalized spacial score (nSPS) is 15.7. The summed E-state index contributed by atoms with van der Waals surface area (Å²) in [4.78, 5) is 0. The van der Waals surface area contributed by atoms with E-state index in [2.05, 4.69) is 0 Å². The van der Waals surface area contributed by atoms with Gasteiger partial charge in [-0.05, 0) is 42.9 Å². The highest BCUT2D eigenvalue weighted by Gasteiger charge is 2.27. The molecule has 1 saturated carbocycles. The fourth-order valence-electron chi connectivity index (χ4n) is 1.75. The first-order valence-corrected chi connectivity index (χ1v) is 5.13. The van der Waals surface area contributed by atoms with Gasteiger partial charge in [0, 0.05) is 10.5 Å². The minimum atomic E-state index is -1.48. The molecule has 0 aliphatic heterocycles. The maximum atomic E-state index is 9.05. The van der Waals surface area contributed by atoms with Crippen LogP contribution in [0.5, 0.6) is 0 Å². The summed E-state index contributed by atoms with van der Waals surface area (Å²) in [7, 11) is -1.48. The van der Waals surface area contributed by atoms with Crippen molar-refractivity contribution in [2.75, 3.05) is 0 Å². The van der Waals surface area contributed by atoms with Crippen LogP contribution in [-0.2, 0) is 0 Å². The topological polar surface area (TPSA) is 40.5 Å². The Bertz CT molecular complexity index is 334. The van der Waals surface area contributed by atoms with Gasteiger partial charge in [-0.15, -0.1) is 0 Å². The summed E-state index contributed by atoms with van der Waals surface area (Å²) in [5, 5.41) is 18.5. The highest BCUT2D eigenvalue weighted by Crippen LogP contribution is 2.42. The van der Waals surface area contributed by atoms with Crippen LogP contribution in [0.1, 0.15) is 29.9 Å². The number of benzene rings is 1. The molecule has 0 atom stereocenters. The Hall–Kier alpha value is -0.505. The van der Waals surface area contributed by atoms with E-state index >= 15 is 0 Å². The molecule has 4 heteroatoms. The smallest absolute Gasteiger partial charge is 0.423 e. The van der Waals surface area contributed by atoms with Crippen LogP contribution in [0.25, 0.3) is 0 Å². The third-order valence-electron chi connectivity index (χ3n) is 2.68. The van der Waals surface area contributed by atoms with Gasteiger partial charge in [0.2, 0.25) is 0 Å². The van der Waals surface area contributed by atoms with Gasteiger partial charge in [0.15, 0.2) is 0 Å². The van der Waals surface area contributed by atoms with Crippen molar-refractivity contribution in [3.8, 4) is 0 Å². The maximum absolute atomic E-state index is 9.05. The molecule has 1 aliphatic carbocycles. The van der Waals surface area contributed by atoms with Crippen molar-refractivity contribution >= 4 is 24.2 Å². The molecule has 14 heavy (non-hydrogen) atoms. The molecule has 0 heterocycles. The molecular weight excluding hydrogens is 198 g/mol. The number of aryl methyl sites for hydroxylation is 1. The van der Waals surface area contributed by atoms with E-state index in [1.807, 2.05) is 13.0 Å². The molecular formula is C10H12BClO2. The predicted octanol–water partition coefficient (Wildman–Crippen LogP) is 1.21. The Morgan fingerprint density at radius 3 is 2.50 bits per heavy atom. The van der Waals surface area contributed by atoms with E-state index in [4.69, 9.17) is 21.6 Å². The number of hydrogen-bond donors (Lipinski definition) is 2. The molecule has 0 unspecified atom stereocenters. The van der Waals surface area contributed by atoms with Gasteiger partial charge in [-0.25, -0.2) is 0 Å². The quantitative estimate of drug-likeness (QED) is 0.720. The van der Waals surface area contributed by atoms with Crippen LogP contribution >= 0.6 is 11.6 Å². The Morgan fingerprint density at radius 1 is 1.36 bits per heavy atom. The van der Waals surface area contributed by atoms with Crippen LogP contribution in [0.2, 0.25) is 5.02 Å². The predicted molar refractivity (Wildman–Crippen MR) is 58.0 cm³/mol. The van der Waals surface area contributed by atoms with E-state index in [1.54, 1.807) is 6.07 Å². The van der Waals surface area contributed by atoms with Crippen molar-refractivity contribution in [1.82, 2.24) is 0 Å². The van der Waals surface area contributed by atoms with Crippen molar-refractivity contribution in [2.24, 2.45) is 0 Å². The lowest BCUT2D eigenvalue weighted by molar-refractivity contribution is 0.426. The SMILES string of the molecule is Cc1cc(B(O)O)c(Cl)cc1C1CC1. The molecule has 0 radical (unpaired) electrons. The average molecular weight is 210 g/mol. The average Bonchev–Trinajstić information content (AvgIpc) is 2.91. The molecule has 1 aromatic rings. The largest absolute Gasteiger partial charge is 0.489 e. The lowest BCUT2D eigenvalue weighted by Crippen LogP contribution is -2.31. The van der Waals surface area contributed by atoms with Crippen molar-refractivity contribution in [3.63, 3.8) is 0 Å². The molecule has 1 aliphatic rings. The molecule has 0 aromatic heterocycles. The van der Waals surface area contributed by atoms with E-state index < -0.39 is 7.12 Å². The fraction of sp³-hybridized carbons (Fsp3) is 0.400. The Labute approximate surface area is 88.7 Å². The lowest BCUT2D eigenvalue weighted by Gasteiger charge is -2.09. The lowest BCUT2D eigenvalue weighted by atomic mass is 9.78. The summed E-state index contributed by atoms with van der Waals surface area (Å²) in [5.74, 6) is 0.636. The van der Waals surface area contributed by atoms with Gasteiger partial charge in [-0.2, -0.15) is 0 Å². The minimum Gasteiger partial charge on any atom is -0.423 e. The zero-order valence-electron chi connectivity index (χ0n) is 8.00. The monoisotopic (exact) mass is 210 g/mol. The van der Waals surface area contributed by atoms with Crippen LogP contribution in [0.3, 0.4) is 0 Å². The fourth-order valence-corrected chi connectivity index (χ4v) is 2.02. The Balaban J connectivity index is 2.43. The standard InChI is InChI=1S/C10H12BClO2/c1-6-4-9(11(13)14)10(12)5-8(6)7-2-3-7/h4-5,7,13-14H,2-3H2,1H3. The number of hydrogen-bond acceptors (Lipinski definition) is 2. The van der Waals surface area contributed by atoms with Gasteiger partial charge in [0.05, 0.1) is 0 Å².